The molecule has 0 saturated heterocycles. The first-order chi connectivity index (χ1) is 10.0. The Kier molecular flexibility index (Phi) is 4.18. The molecule has 2 rings (SSSR count). The van der Waals surface area contributed by atoms with E-state index in [0.717, 1.165) is 22.1 Å². The molecule has 0 atom stereocenters. The second-order valence-electron chi connectivity index (χ2n) is 4.56. The summed E-state index contributed by atoms with van der Waals surface area (Å²) < 4.78 is 1.93. The highest BCUT2D eigenvalue weighted by Gasteiger charge is 2.07. The van der Waals surface area contributed by atoms with E-state index in [4.69, 9.17) is 0 Å². The van der Waals surface area contributed by atoms with Crippen LogP contribution in [-0.2, 0) is 9.59 Å². The van der Waals surface area contributed by atoms with Crippen molar-refractivity contribution in [2.75, 3.05) is 11.9 Å². The molecule has 1 aromatic heterocycles. The number of carbonyl (C=O) groups excluding carboxylic acids is 2. The fraction of sp³-hybridized carbons (Fsp3) is 0.0588. The van der Waals surface area contributed by atoms with Gasteiger partial charge in [-0.25, -0.2) is 0 Å². The van der Waals surface area contributed by atoms with Gasteiger partial charge in [-0.2, -0.15) is 0 Å². The Bertz CT molecular complexity index is 758. The molecule has 2 aromatic rings. The van der Waals surface area contributed by atoms with Gasteiger partial charge in [0.2, 0.25) is 0 Å². The maximum Gasteiger partial charge on any atom is 0.250 e. The molecule has 1 heterocycles. The van der Waals surface area contributed by atoms with Crippen LogP contribution in [0.4, 0.5) is 5.69 Å². The summed E-state index contributed by atoms with van der Waals surface area (Å²) in [7, 11) is 1.65. The molecule has 0 saturated carbocycles. The zero-order chi connectivity index (χ0) is 15.4. The smallest absolute Gasteiger partial charge is 0.250 e. The number of benzene rings is 1. The van der Waals surface area contributed by atoms with E-state index < -0.39 is 0 Å². The monoisotopic (exact) mass is 280 g/mol. The Morgan fingerprint density at radius 3 is 2.19 bits per heavy atom. The lowest BCUT2D eigenvalue weighted by Crippen LogP contribution is -2.25. The molecule has 0 radical (unpaired) electrons. The summed E-state index contributed by atoms with van der Waals surface area (Å²) in [5.74, 6) is -0.258. The second-order valence-corrected chi connectivity index (χ2v) is 4.56. The van der Waals surface area contributed by atoms with Gasteiger partial charge in [0, 0.05) is 35.2 Å². The summed E-state index contributed by atoms with van der Waals surface area (Å²) >= 11 is 0. The van der Waals surface area contributed by atoms with Crippen LogP contribution in [0.5, 0.6) is 0 Å². The molecule has 4 nitrogen and oxygen atoms in total. The number of rotatable bonds is 4. The van der Waals surface area contributed by atoms with Crippen molar-refractivity contribution < 1.29 is 9.59 Å². The van der Waals surface area contributed by atoms with Crippen LogP contribution in [0.2, 0.25) is 0 Å². The Morgan fingerprint density at radius 2 is 1.67 bits per heavy atom. The van der Waals surface area contributed by atoms with Gasteiger partial charge in [-0.05, 0) is 42.5 Å². The van der Waals surface area contributed by atoms with Gasteiger partial charge < -0.3 is 9.47 Å². The van der Waals surface area contributed by atoms with E-state index in [0.29, 0.717) is 6.29 Å². The fourth-order valence-electron chi connectivity index (χ4n) is 2.04. The lowest BCUT2D eigenvalue weighted by atomic mass is 10.2. The van der Waals surface area contributed by atoms with E-state index >= 15 is 0 Å². The Hall–Kier alpha value is -2.88. The van der Waals surface area contributed by atoms with Crippen molar-refractivity contribution in [2.45, 2.75) is 0 Å². The minimum absolute atomic E-state index is 0.258. The number of amides is 1. The molecule has 0 N–H and O–H groups in total. The second kappa shape index (κ2) is 6.05. The Morgan fingerprint density at radius 1 is 1.10 bits per heavy atom. The topological polar surface area (TPSA) is 42.3 Å². The SMILES string of the molecule is C=c1ccc(=C)n1-c1ccc(N(C)C(=O)/C=C\C=O)cc1. The highest BCUT2D eigenvalue weighted by molar-refractivity contribution is 6.02. The number of hydrogen-bond acceptors (Lipinski definition) is 2. The summed E-state index contributed by atoms with van der Waals surface area (Å²) in [4.78, 5) is 23.5. The van der Waals surface area contributed by atoms with Crippen LogP contribution in [0, 0.1) is 0 Å². The quantitative estimate of drug-likeness (QED) is 0.620. The van der Waals surface area contributed by atoms with Crippen LogP contribution in [0.1, 0.15) is 0 Å². The third-order valence-corrected chi connectivity index (χ3v) is 3.19. The van der Waals surface area contributed by atoms with Gasteiger partial charge in [0.15, 0.2) is 0 Å². The van der Waals surface area contributed by atoms with E-state index in [-0.39, 0.29) is 5.91 Å². The summed E-state index contributed by atoms with van der Waals surface area (Å²) in [5.41, 5.74) is 1.67. The number of aldehydes is 1. The third-order valence-electron chi connectivity index (χ3n) is 3.19. The van der Waals surface area contributed by atoms with Gasteiger partial charge in [0.25, 0.3) is 5.91 Å². The summed E-state index contributed by atoms with van der Waals surface area (Å²) in [6.07, 6.45) is 2.98. The number of hydrogen-bond donors (Lipinski definition) is 0. The lowest BCUT2D eigenvalue weighted by Gasteiger charge is -2.16. The maximum absolute atomic E-state index is 11.8. The van der Waals surface area contributed by atoms with Gasteiger partial charge in [-0.1, -0.05) is 13.2 Å². The van der Waals surface area contributed by atoms with Crippen molar-refractivity contribution in [3.63, 3.8) is 0 Å². The lowest BCUT2D eigenvalue weighted by molar-refractivity contribution is -0.114. The van der Waals surface area contributed by atoms with Crippen molar-refractivity contribution in [1.29, 1.82) is 0 Å². The van der Waals surface area contributed by atoms with E-state index in [1.807, 2.05) is 41.0 Å². The number of aromatic nitrogens is 1. The molecule has 0 spiro atoms. The van der Waals surface area contributed by atoms with Gasteiger partial charge in [-0.3, -0.25) is 9.59 Å². The van der Waals surface area contributed by atoms with Crippen molar-refractivity contribution in [3.05, 3.63) is 59.2 Å². The number of likely N-dealkylation sites (N-methyl/N-ethyl adjacent to an activating group) is 1. The predicted octanol–water partition coefficient (Wildman–Crippen LogP) is 1.02. The van der Waals surface area contributed by atoms with Crippen LogP contribution < -0.4 is 15.6 Å². The molecular formula is C17H16N2O2. The largest absolute Gasteiger partial charge is 0.312 e. The van der Waals surface area contributed by atoms with Gasteiger partial charge in [0.05, 0.1) is 0 Å². The van der Waals surface area contributed by atoms with Crippen molar-refractivity contribution >= 4 is 31.0 Å². The van der Waals surface area contributed by atoms with E-state index in [2.05, 4.69) is 13.2 Å². The van der Waals surface area contributed by atoms with Crippen molar-refractivity contribution in [1.82, 2.24) is 4.57 Å². The summed E-state index contributed by atoms with van der Waals surface area (Å²) in [6.45, 7) is 7.91. The standard InChI is InChI=1S/C17H16N2O2/c1-13-6-7-14(2)19(13)16-10-8-15(9-11-16)18(3)17(21)5-4-12-20/h4-12H,1-2H2,3H3/b5-4-. The first-order valence-corrected chi connectivity index (χ1v) is 6.40. The first-order valence-electron chi connectivity index (χ1n) is 6.40. The van der Waals surface area contributed by atoms with Crippen LogP contribution >= 0.6 is 0 Å². The van der Waals surface area contributed by atoms with Crippen molar-refractivity contribution in [3.8, 4) is 5.69 Å². The average molecular weight is 280 g/mol. The van der Waals surface area contributed by atoms with Crippen LogP contribution in [0.25, 0.3) is 18.8 Å². The van der Waals surface area contributed by atoms with Crippen LogP contribution in [0.3, 0.4) is 0 Å². The van der Waals surface area contributed by atoms with E-state index in [9.17, 15) is 9.59 Å². The van der Waals surface area contributed by atoms with E-state index in [1.54, 1.807) is 7.05 Å². The predicted molar refractivity (Wildman–Crippen MR) is 84.7 cm³/mol. The zero-order valence-electron chi connectivity index (χ0n) is 11.8. The Balaban J connectivity index is 2.29. The molecular weight excluding hydrogens is 264 g/mol. The number of nitrogens with zero attached hydrogens (tertiary/aromatic N) is 2. The summed E-state index contributed by atoms with van der Waals surface area (Å²) in [6, 6.07) is 11.3. The van der Waals surface area contributed by atoms with Crippen molar-refractivity contribution in [2.24, 2.45) is 0 Å². The third kappa shape index (κ3) is 3.00. The molecule has 106 valence electrons. The minimum Gasteiger partial charge on any atom is -0.312 e. The van der Waals surface area contributed by atoms with Gasteiger partial charge >= 0.3 is 0 Å². The molecule has 0 unspecified atom stereocenters. The number of anilines is 1. The minimum atomic E-state index is -0.258. The Labute approximate surface area is 122 Å². The molecule has 0 aliphatic rings. The van der Waals surface area contributed by atoms with E-state index in [1.165, 1.54) is 17.1 Å². The molecule has 0 fully saturated rings. The molecule has 1 amide bonds. The number of allylic oxidation sites excluding steroid dienone is 1. The average Bonchev–Trinajstić information content (AvgIpc) is 2.83. The normalized spacial score (nSPS) is 10.7. The van der Waals surface area contributed by atoms with Gasteiger partial charge in [-0.15, -0.1) is 0 Å². The molecule has 0 aliphatic heterocycles. The molecule has 0 aliphatic carbocycles. The highest BCUT2D eigenvalue weighted by atomic mass is 16.2. The fourth-order valence-corrected chi connectivity index (χ4v) is 2.04. The number of carbonyl (C=O) groups is 2. The molecule has 21 heavy (non-hydrogen) atoms. The van der Waals surface area contributed by atoms with Crippen LogP contribution in [-0.4, -0.2) is 23.8 Å². The summed E-state index contributed by atoms with van der Waals surface area (Å²) in [5, 5.41) is 1.71. The molecule has 4 heteroatoms. The maximum atomic E-state index is 11.8. The van der Waals surface area contributed by atoms with Gasteiger partial charge in [0.1, 0.15) is 6.29 Å². The first kappa shape index (κ1) is 14.5. The highest BCUT2D eigenvalue weighted by Crippen LogP contribution is 2.15. The molecule has 0 bridgehead atoms. The zero-order valence-corrected chi connectivity index (χ0v) is 11.8. The molecule has 1 aromatic carbocycles. The van der Waals surface area contributed by atoms with Crippen LogP contribution in [0.15, 0.2) is 48.6 Å².